The molecule has 2 aromatic rings. The Kier molecular flexibility index (Phi) is 11.3. The number of amides is 1. The highest BCUT2D eigenvalue weighted by Gasteiger charge is 2.53. The molecule has 0 spiro atoms. The molecule has 7 unspecified atom stereocenters. The number of aromatic nitrogens is 2. The number of ketones is 1. The third-order valence-electron chi connectivity index (χ3n) is 9.68. The second-order valence-corrected chi connectivity index (χ2v) is 12.5. The maximum atomic E-state index is 17.1. The topological polar surface area (TPSA) is 114 Å². The van der Waals surface area contributed by atoms with Crippen LogP contribution in [0.15, 0.2) is 54.1 Å². The number of carbonyl (C=O) groups is 3. The number of benzene rings is 1. The Morgan fingerprint density at radius 2 is 1.73 bits per heavy atom. The monoisotopic (exact) mass is 675 g/mol. The van der Waals surface area contributed by atoms with Crippen molar-refractivity contribution in [2.24, 2.45) is 5.92 Å². The van der Waals surface area contributed by atoms with Crippen molar-refractivity contribution in [3.8, 4) is 0 Å². The first-order valence-electron chi connectivity index (χ1n) is 16.1. The minimum atomic E-state index is -2.45. The SMILES string of the molecule is COCC1=C(C(=O)OC)C(c2cncnc2)C(C(=O)NC(C(C)=O)N2CCCCC2N2CCCCC2(F)c2ccc(F)cc2)C(F)C1F. The van der Waals surface area contributed by atoms with Crippen molar-refractivity contribution in [1.82, 2.24) is 25.1 Å². The molecule has 260 valence electrons. The number of alkyl halides is 3. The van der Waals surface area contributed by atoms with Crippen LogP contribution in [-0.4, -0.2) is 96.0 Å². The summed E-state index contributed by atoms with van der Waals surface area (Å²) in [5.41, 5.74) is -0.151. The molecule has 10 nitrogen and oxygen atoms in total. The first-order chi connectivity index (χ1) is 23.0. The number of nitrogens with zero attached hydrogens (tertiary/aromatic N) is 4. The van der Waals surface area contributed by atoms with Crippen LogP contribution in [0.1, 0.15) is 62.5 Å². The first-order valence-corrected chi connectivity index (χ1v) is 16.1. The van der Waals surface area contributed by atoms with E-state index < -0.39 is 72.4 Å². The van der Waals surface area contributed by atoms with Crippen LogP contribution < -0.4 is 5.32 Å². The molecular formula is C34H41F4N5O5. The van der Waals surface area contributed by atoms with Crippen molar-refractivity contribution < 1.29 is 41.4 Å². The molecule has 1 amide bonds. The number of rotatable bonds is 10. The zero-order valence-corrected chi connectivity index (χ0v) is 27.2. The molecule has 1 N–H and O–H groups in total. The number of piperidine rings is 2. The first kappa shape index (κ1) is 35.6. The molecule has 0 saturated carbocycles. The summed E-state index contributed by atoms with van der Waals surface area (Å²) in [5.74, 6) is -8.17. The highest BCUT2D eigenvalue weighted by molar-refractivity contribution is 5.95. The highest BCUT2D eigenvalue weighted by Crippen LogP contribution is 2.46. The lowest BCUT2D eigenvalue weighted by atomic mass is 9.70. The van der Waals surface area contributed by atoms with Gasteiger partial charge in [0.15, 0.2) is 17.7 Å². The van der Waals surface area contributed by atoms with E-state index in [2.05, 4.69) is 15.3 Å². The van der Waals surface area contributed by atoms with Crippen molar-refractivity contribution in [3.05, 3.63) is 71.1 Å². The van der Waals surface area contributed by atoms with Gasteiger partial charge in [0, 0.05) is 49.6 Å². The molecule has 7 atom stereocenters. The summed E-state index contributed by atoms with van der Waals surface area (Å²) in [7, 11) is 2.35. The molecule has 2 fully saturated rings. The van der Waals surface area contributed by atoms with E-state index in [4.69, 9.17) is 9.47 Å². The molecule has 3 heterocycles. The second kappa shape index (κ2) is 15.2. The van der Waals surface area contributed by atoms with Crippen molar-refractivity contribution >= 4 is 17.7 Å². The van der Waals surface area contributed by atoms with E-state index in [0.717, 1.165) is 13.5 Å². The third kappa shape index (κ3) is 6.88. The summed E-state index contributed by atoms with van der Waals surface area (Å²) in [6, 6.07) is 5.25. The summed E-state index contributed by atoms with van der Waals surface area (Å²) in [5, 5.41) is 2.66. The summed E-state index contributed by atoms with van der Waals surface area (Å²) in [6.45, 7) is 1.48. The van der Waals surface area contributed by atoms with Crippen molar-refractivity contribution in [2.45, 2.75) is 81.8 Å². The minimum absolute atomic E-state index is 0.150. The fourth-order valence-electron chi connectivity index (χ4n) is 7.49. The zero-order valence-electron chi connectivity index (χ0n) is 27.2. The number of halogens is 4. The van der Waals surface area contributed by atoms with Gasteiger partial charge in [0.1, 0.15) is 24.5 Å². The molecule has 5 rings (SSSR count). The van der Waals surface area contributed by atoms with Gasteiger partial charge in [-0.1, -0.05) is 12.1 Å². The van der Waals surface area contributed by atoms with Gasteiger partial charge >= 0.3 is 5.97 Å². The second-order valence-electron chi connectivity index (χ2n) is 12.5. The van der Waals surface area contributed by atoms with Crippen LogP contribution in [-0.2, 0) is 29.7 Å². The van der Waals surface area contributed by atoms with Crippen LogP contribution in [0.3, 0.4) is 0 Å². The fourth-order valence-corrected chi connectivity index (χ4v) is 7.49. The van der Waals surface area contributed by atoms with E-state index in [1.807, 2.05) is 0 Å². The number of ether oxygens (including phenoxy) is 2. The van der Waals surface area contributed by atoms with Gasteiger partial charge in [0.2, 0.25) is 5.91 Å². The molecular weight excluding hydrogens is 634 g/mol. The lowest BCUT2D eigenvalue weighted by Crippen LogP contribution is -2.66. The predicted octanol–water partition coefficient (Wildman–Crippen LogP) is 4.27. The Hall–Kier alpha value is -3.75. The largest absolute Gasteiger partial charge is 0.466 e. The molecule has 1 aromatic heterocycles. The van der Waals surface area contributed by atoms with Crippen LogP contribution in [0.25, 0.3) is 0 Å². The molecule has 2 saturated heterocycles. The summed E-state index contributed by atoms with van der Waals surface area (Å²) in [4.78, 5) is 52.0. The number of hydrogen-bond donors (Lipinski definition) is 1. The van der Waals surface area contributed by atoms with Crippen LogP contribution in [0.5, 0.6) is 0 Å². The molecule has 2 aliphatic heterocycles. The molecule has 0 radical (unpaired) electrons. The zero-order chi connectivity index (χ0) is 34.6. The van der Waals surface area contributed by atoms with Gasteiger partial charge in [-0.25, -0.2) is 32.3 Å². The van der Waals surface area contributed by atoms with Crippen LogP contribution in [0.4, 0.5) is 17.6 Å². The van der Waals surface area contributed by atoms with E-state index in [1.54, 1.807) is 9.80 Å². The van der Waals surface area contributed by atoms with Crippen LogP contribution in [0, 0.1) is 11.7 Å². The molecule has 48 heavy (non-hydrogen) atoms. The lowest BCUT2D eigenvalue weighted by molar-refractivity contribution is -0.164. The third-order valence-corrected chi connectivity index (χ3v) is 9.68. The fraction of sp³-hybridized carbons (Fsp3) is 0.559. The standard InChI is InChI=1S/C34H41F4N5O5/c1-20(44)31(42-14-6-4-8-25(42)43-15-7-5-13-34(43,38)22-9-11-23(35)12-10-22)41-32(45)28-26(21-16-39-19-40-17-21)27(33(46)48-3)24(18-47-2)29(36)30(28)37/h9-12,16-17,19,25-26,28-31H,4-8,13-15,18H2,1-3H3,(H,41,45). The Morgan fingerprint density at radius 3 is 2.38 bits per heavy atom. The van der Waals surface area contributed by atoms with Crippen molar-refractivity contribution in [3.63, 3.8) is 0 Å². The Balaban J connectivity index is 1.52. The lowest BCUT2D eigenvalue weighted by Gasteiger charge is -2.52. The average Bonchev–Trinajstić information content (AvgIpc) is 3.09. The summed E-state index contributed by atoms with van der Waals surface area (Å²) >= 11 is 0. The Morgan fingerprint density at radius 1 is 1.04 bits per heavy atom. The molecule has 1 aromatic carbocycles. The normalized spacial score (nSPS) is 29.3. The number of nitrogens with one attached hydrogen (secondary N) is 1. The van der Waals surface area contributed by atoms with Crippen molar-refractivity contribution in [2.75, 3.05) is 33.9 Å². The van der Waals surface area contributed by atoms with E-state index in [1.165, 1.54) is 57.0 Å². The number of methoxy groups -OCH3 is 2. The number of carbonyl (C=O) groups excluding carboxylic acids is 3. The maximum absolute atomic E-state index is 17.1. The van der Waals surface area contributed by atoms with Gasteiger partial charge < -0.3 is 14.8 Å². The summed E-state index contributed by atoms with van der Waals surface area (Å²) < 4.78 is 73.0. The van der Waals surface area contributed by atoms with E-state index in [0.29, 0.717) is 38.8 Å². The van der Waals surface area contributed by atoms with Crippen LogP contribution in [0.2, 0.25) is 0 Å². The summed E-state index contributed by atoms with van der Waals surface area (Å²) in [6.07, 6.45) is 0.245. The minimum Gasteiger partial charge on any atom is -0.466 e. The number of esters is 1. The molecule has 3 aliphatic rings. The van der Waals surface area contributed by atoms with Crippen molar-refractivity contribution in [1.29, 1.82) is 0 Å². The predicted molar refractivity (Wildman–Crippen MR) is 166 cm³/mol. The van der Waals surface area contributed by atoms with Gasteiger partial charge in [-0.05, 0) is 63.1 Å². The van der Waals surface area contributed by atoms with E-state index in [9.17, 15) is 18.8 Å². The molecule has 0 bridgehead atoms. The quantitative estimate of drug-likeness (QED) is 0.224. The Bertz CT molecular complexity index is 1500. The number of Topliss-reactive ketones (excluding diaryl/α,β-unsaturated/α-hetero) is 1. The number of likely N-dealkylation sites (tertiary alicyclic amines) is 2. The van der Waals surface area contributed by atoms with Gasteiger partial charge in [-0.2, -0.15) is 0 Å². The van der Waals surface area contributed by atoms with Gasteiger partial charge in [-0.15, -0.1) is 0 Å². The average molecular weight is 676 g/mol. The maximum Gasteiger partial charge on any atom is 0.334 e. The number of hydrogen-bond acceptors (Lipinski definition) is 9. The Labute approximate surface area is 276 Å². The molecule has 1 aliphatic carbocycles. The smallest absolute Gasteiger partial charge is 0.334 e. The van der Waals surface area contributed by atoms with Gasteiger partial charge in [0.25, 0.3) is 0 Å². The van der Waals surface area contributed by atoms with E-state index >= 15 is 13.2 Å². The molecule has 14 heteroatoms. The van der Waals surface area contributed by atoms with Gasteiger partial charge in [-0.3, -0.25) is 19.4 Å². The van der Waals surface area contributed by atoms with Crippen LogP contribution >= 0.6 is 0 Å². The van der Waals surface area contributed by atoms with E-state index in [-0.39, 0.29) is 28.7 Å². The van der Waals surface area contributed by atoms with Gasteiger partial charge in [0.05, 0.1) is 31.4 Å². The highest BCUT2D eigenvalue weighted by atomic mass is 19.2.